The second-order valence-electron chi connectivity index (χ2n) is 5.74. The Hall–Kier alpha value is -2.36. The number of nitrogens with zero attached hydrogens (tertiary/aromatic N) is 2. The number of amides is 1. The average Bonchev–Trinajstić information content (AvgIpc) is 3.32. The molecule has 1 aliphatic carbocycles. The number of pyridine rings is 1. The molecule has 114 valence electrons. The first-order valence-corrected chi connectivity index (χ1v) is 7.78. The van der Waals surface area contributed by atoms with Crippen LogP contribution in [0, 0.1) is 6.92 Å². The number of hydrogen-bond acceptors (Lipinski definition) is 3. The second kappa shape index (κ2) is 6.18. The van der Waals surface area contributed by atoms with E-state index in [0.29, 0.717) is 18.3 Å². The predicted molar refractivity (Wildman–Crippen MR) is 89.4 cm³/mol. The van der Waals surface area contributed by atoms with Gasteiger partial charge in [0.1, 0.15) is 5.69 Å². The fourth-order valence-electron chi connectivity index (χ4n) is 2.48. The van der Waals surface area contributed by atoms with Gasteiger partial charge in [-0.3, -0.25) is 9.78 Å². The van der Waals surface area contributed by atoms with Crippen LogP contribution >= 0.6 is 0 Å². The molecule has 4 heteroatoms. The highest BCUT2D eigenvalue weighted by molar-refractivity contribution is 6.05. The summed E-state index contributed by atoms with van der Waals surface area (Å²) >= 11 is 0. The van der Waals surface area contributed by atoms with Crippen LogP contribution in [0.5, 0.6) is 0 Å². The Morgan fingerprint density at radius 2 is 2.14 bits per heavy atom. The minimum Gasteiger partial charge on any atom is -0.382 e. The van der Waals surface area contributed by atoms with Crippen molar-refractivity contribution in [2.24, 2.45) is 0 Å². The number of carbonyl (C=O) groups excluding carboxylic acids is 1. The first-order chi connectivity index (χ1) is 10.7. The second-order valence-corrected chi connectivity index (χ2v) is 5.74. The van der Waals surface area contributed by atoms with Crippen LogP contribution in [0.15, 0.2) is 42.6 Å². The third-order valence-corrected chi connectivity index (χ3v) is 3.80. The fraction of sp³-hybridized carbons (Fsp3) is 0.333. The third-order valence-electron chi connectivity index (χ3n) is 3.80. The van der Waals surface area contributed by atoms with Crippen LogP contribution in [0.2, 0.25) is 0 Å². The lowest BCUT2D eigenvalue weighted by Gasteiger charge is -2.21. The molecule has 1 saturated carbocycles. The molecule has 1 aromatic heterocycles. The molecule has 2 aromatic rings. The Kier molecular flexibility index (Phi) is 4.09. The van der Waals surface area contributed by atoms with Crippen LogP contribution in [0.1, 0.15) is 35.8 Å². The van der Waals surface area contributed by atoms with E-state index in [4.69, 9.17) is 0 Å². The van der Waals surface area contributed by atoms with Gasteiger partial charge in [0.25, 0.3) is 5.91 Å². The largest absolute Gasteiger partial charge is 0.382 e. The Labute approximate surface area is 131 Å². The summed E-state index contributed by atoms with van der Waals surface area (Å²) < 4.78 is 0. The van der Waals surface area contributed by atoms with Crippen molar-refractivity contribution < 1.29 is 4.79 Å². The Morgan fingerprint density at radius 3 is 2.82 bits per heavy atom. The molecule has 3 rings (SSSR count). The lowest BCUT2D eigenvalue weighted by Crippen LogP contribution is -2.31. The van der Waals surface area contributed by atoms with Gasteiger partial charge >= 0.3 is 0 Å². The molecule has 0 spiro atoms. The smallest absolute Gasteiger partial charge is 0.276 e. The van der Waals surface area contributed by atoms with Crippen LogP contribution in [-0.4, -0.2) is 23.5 Å². The van der Waals surface area contributed by atoms with E-state index in [1.807, 2.05) is 50.2 Å². The minimum absolute atomic E-state index is 0.0625. The molecule has 0 radical (unpaired) electrons. The van der Waals surface area contributed by atoms with Gasteiger partial charge in [-0.25, -0.2) is 0 Å². The molecule has 22 heavy (non-hydrogen) atoms. The summed E-state index contributed by atoms with van der Waals surface area (Å²) in [5.41, 5.74) is 3.51. The molecule has 1 aliphatic rings. The third kappa shape index (κ3) is 3.27. The van der Waals surface area contributed by atoms with Gasteiger partial charge in [0.2, 0.25) is 0 Å². The highest BCUT2D eigenvalue weighted by atomic mass is 16.2. The monoisotopic (exact) mass is 295 g/mol. The zero-order valence-electron chi connectivity index (χ0n) is 13.0. The fourth-order valence-corrected chi connectivity index (χ4v) is 2.48. The van der Waals surface area contributed by atoms with E-state index in [2.05, 4.69) is 10.3 Å². The van der Waals surface area contributed by atoms with Crippen molar-refractivity contribution in [3.63, 3.8) is 0 Å². The van der Waals surface area contributed by atoms with Crippen LogP contribution in [-0.2, 0) is 0 Å². The summed E-state index contributed by atoms with van der Waals surface area (Å²) in [6.07, 6.45) is 4.11. The summed E-state index contributed by atoms with van der Waals surface area (Å²) in [6.45, 7) is 4.62. The van der Waals surface area contributed by atoms with Crippen LogP contribution in [0.4, 0.5) is 11.4 Å². The lowest BCUT2D eigenvalue weighted by atomic mass is 10.2. The normalized spacial score (nSPS) is 13.7. The molecule has 1 amide bonds. The van der Waals surface area contributed by atoms with E-state index in [9.17, 15) is 4.79 Å². The van der Waals surface area contributed by atoms with Crippen LogP contribution in [0.25, 0.3) is 0 Å². The molecular formula is C18H21N3O. The molecule has 1 heterocycles. The zero-order chi connectivity index (χ0) is 15.5. The lowest BCUT2D eigenvalue weighted by molar-refractivity contribution is 0.0983. The summed E-state index contributed by atoms with van der Waals surface area (Å²) in [5.74, 6) is -0.0625. The van der Waals surface area contributed by atoms with E-state index < -0.39 is 0 Å². The molecule has 4 nitrogen and oxygen atoms in total. The number of aryl methyl sites for hydroxylation is 1. The molecule has 0 saturated heterocycles. The van der Waals surface area contributed by atoms with Crippen molar-refractivity contribution in [3.05, 3.63) is 53.9 Å². The highest BCUT2D eigenvalue weighted by Crippen LogP contribution is 2.25. The van der Waals surface area contributed by atoms with Crippen molar-refractivity contribution in [2.45, 2.75) is 32.7 Å². The first kappa shape index (κ1) is 14.6. The summed E-state index contributed by atoms with van der Waals surface area (Å²) in [4.78, 5) is 18.8. The molecule has 1 N–H and O–H groups in total. The van der Waals surface area contributed by atoms with E-state index in [1.165, 1.54) is 12.8 Å². The van der Waals surface area contributed by atoms with Crippen molar-refractivity contribution >= 4 is 17.3 Å². The summed E-state index contributed by atoms with van der Waals surface area (Å²) in [5, 5.41) is 3.41. The molecular weight excluding hydrogens is 274 g/mol. The van der Waals surface area contributed by atoms with Gasteiger partial charge in [-0.15, -0.1) is 0 Å². The molecule has 0 aliphatic heterocycles. The summed E-state index contributed by atoms with van der Waals surface area (Å²) in [6, 6.07) is 12.3. The zero-order valence-corrected chi connectivity index (χ0v) is 13.0. The van der Waals surface area contributed by atoms with Crippen LogP contribution < -0.4 is 10.2 Å². The van der Waals surface area contributed by atoms with Crippen molar-refractivity contribution in [1.29, 1.82) is 0 Å². The molecule has 0 unspecified atom stereocenters. The molecule has 0 bridgehead atoms. The van der Waals surface area contributed by atoms with Gasteiger partial charge in [-0.05, 0) is 56.5 Å². The van der Waals surface area contributed by atoms with E-state index >= 15 is 0 Å². The number of anilines is 2. The standard InChI is InChI=1S/C18H21N3O/c1-3-21(16-6-4-5-13(2)11-16)18(22)17-12-15(9-10-19-17)20-14-7-8-14/h4-6,9-12,14H,3,7-8H2,1-2H3,(H,19,20). The number of rotatable bonds is 5. The van der Waals surface area contributed by atoms with Crippen molar-refractivity contribution in [2.75, 3.05) is 16.8 Å². The van der Waals surface area contributed by atoms with E-state index in [0.717, 1.165) is 16.9 Å². The predicted octanol–water partition coefficient (Wildman–Crippen LogP) is 3.63. The van der Waals surface area contributed by atoms with Gasteiger partial charge in [0.15, 0.2) is 0 Å². The maximum Gasteiger partial charge on any atom is 0.276 e. The van der Waals surface area contributed by atoms with Gasteiger partial charge in [-0.1, -0.05) is 12.1 Å². The number of benzene rings is 1. The SMILES string of the molecule is CCN(C(=O)c1cc(NC2CC2)ccn1)c1cccc(C)c1. The Bertz CT molecular complexity index is 680. The van der Waals surface area contributed by atoms with E-state index in [-0.39, 0.29) is 5.91 Å². The van der Waals surface area contributed by atoms with Gasteiger partial charge in [0, 0.05) is 30.2 Å². The number of carbonyl (C=O) groups is 1. The van der Waals surface area contributed by atoms with Crippen LogP contribution in [0.3, 0.4) is 0 Å². The molecule has 0 atom stereocenters. The minimum atomic E-state index is -0.0625. The number of nitrogens with one attached hydrogen (secondary N) is 1. The highest BCUT2D eigenvalue weighted by Gasteiger charge is 2.22. The van der Waals surface area contributed by atoms with Crippen molar-refractivity contribution in [1.82, 2.24) is 4.98 Å². The Morgan fingerprint density at radius 1 is 1.32 bits per heavy atom. The quantitative estimate of drug-likeness (QED) is 0.916. The maximum atomic E-state index is 12.8. The average molecular weight is 295 g/mol. The molecule has 1 fully saturated rings. The Balaban J connectivity index is 1.84. The van der Waals surface area contributed by atoms with Crippen molar-refractivity contribution in [3.8, 4) is 0 Å². The number of hydrogen-bond donors (Lipinski definition) is 1. The van der Waals surface area contributed by atoms with Gasteiger partial charge in [0.05, 0.1) is 0 Å². The van der Waals surface area contributed by atoms with Gasteiger partial charge in [-0.2, -0.15) is 0 Å². The van der Waals surface area contributed by atoms with E-state index in [1.54, 1.807) is 11.1 Å². The topological polar surface area (TPSA) is 45.2 Å². The maximum absolute atomic E-state index is 12.8. The van der Waals surface area contributed by atoms with Gasteiger partial charge < -0.3 is 10.2 Å². The first-order valence-electron chi connectivity index (χ1n) is 7.78. The molecule has 1 aromatic carbocycles. The summed E-state index contributed by atoms with van der Waals surface area (Å²) in [7, 11) is 0. The number of aromatic nitrogens is 1.